The molecular weight excluding hydrogens is 336 g/mol. The Labute approximate surface area is 136 Å². The molecule has 0 aliphatic rings. The first-order valence-corrected chi connectivity index (χ1v) is 8.55. The van der Waals surface area contributed by atoms with Gasteiger partial charge in [-0.05, 0) is 18.2 Å². The number of nitrogens with zero attached hydrogens (tertiary/aromatic N) is 3. The molecule has 2 aromatic heterocycles. The van der Waals surface area contributed by atoms with Gasteiger partial charge in [0.05, 0.1) is 18.9 Å². The highest BCUT2D eigenvalue weighted by Gasteiger charge is 2.15. The molecule has 24 heavy (non-hydrogen) atoms. The Morgan fingerprint density at radius 1 is 1.29 bits per heavy atom. The van der Waals surface area contributed by atoms with E-state index < -0.39 is 21.6 Å². The molecule has 1 aromatic carbocycles. The van der Waals surface area contributed by atoms with Crippen LogP contribution in [0.3, 0.4) is 0 Å². The number of aromatic nitrogens is 3. The van der Waals surface area contributed by atoms with Crippen molar-refractivity contribution in [2.45, 2.75) is 0 Å². The fourth-order valence-corrected chi connectivity index (χ4v) is 2.81. The van der Waals surface area contributed by atoms with Crippen molar-refractivity contribution >= 4 is 38.2 Å². The normalized spacial score (nSPS) is 11.6. The van der Waals surface area contributed by atoms with Gasteiger partial charge < -0.3 is 4.74 Å². The van der Waals surface area contributed by atoms with Crippen LogP contribution in [-0.4, -0.2) is 42.1 Å². The zero-order chi connectivity index (χ0) is 17.5. The number of carbonyl (C=O) groups is 1. The van der Waals surface area contributed by atoms with Gasteiger partial charge in [0.2, 0.25) is 10.0 Å². The molecule has 3 aromatic rings. The first kappa shape index (κ1) is 15.9. The number of hydrogen-bond acceptors (Lipinski definition) is 7. The lowest BCUT2D eigenvalue weighted by atomic mass is 10.2. The second-order valence-corrected chi connectivity index (χ2v) is 6.76. The highest BCUT2D eigenvalue weighted by molar-refractivity contribution is 7.92. The second kappa shape index (κ2) is 5.57. The Bertz CT molecular complexity index is 1140. The monoisotopic (exact) mass is 348 g/mol. The van der Waals surface area contributed by atoms with Crippen LogP contribution in [0.4, 0.5) is 5.69 Å². The standard InChI is InChI=1S/C14H12N4O5S/c1-23-14(20)10-6-15-12-9-5-8(17-24(2,21)22)3-4-11(9)16-7-18(12)13(10)19/h3-7,17H,1-2H3. The molecule has 0 amide bonds. The Morgan fingerprint density at radius 2 is 2.04 bits per heavy atom. The third-order valence-electron chi connectivity index (χ3n) is 3.25. The summed E-state index contributed by atoms with van der Waals surface area (Å²) in [5, 5.41) is 0.458. The minimum Gasteiger partial charge on any atom is -0.465 e. The first-order valence-electron chi connectivity index (χ1n) is 6.66. The number of hydrogen-bond donors (Lipinski definition) is 1. The van der Waals surface area contributed by atoms with E-state index in [2.05, 4.69) is 19.4 Å². The molecule has 3 rings (SSSR count). The fraction of sp³-hybridized carbons (Fsp3) is 0.143. The molecule has 1 N–H and O–H groups in total. The molecule has 0 aliphatic carbocycles. The van der Waals surface area contributed by atoms with Gasteiger partial charge in [-0.15, -0.1) is 0 Å². The third kappa shape index (κ3) is 2.78. The predicted molar refractivity (Wildman–Crippen MR) is 86.6 cm³/mol. The molecule has 9 nitrogen and oxygen atoms in total. The lowest BCUT2D eigenvalue weighted by Gasteiger charge is -2.08. The number of ether oxygens (including phenoxy) is 1. The van der Waals surface area contributed by atoms with E-state index in [0.29, 0.717) is 16.6 Å². The van der Waals surface area contributed by atoms with Crippen molar-refractivity contribution in [3.05, 3.63) is 46.6 Å². The van der Waals surface area contributed by atoms with Gasteiger partial charge in [-0.25, -0.2) is 27.6 Å². The summed E-state index contributed by atoms with van der Waals surface area (Å²) < 4.78 is 30.7. The predicted octanol–water partition coefficient (Wildman–Crippen LogP) is 0.401. The number of esters is 1. The Hall–Kier alpha value is -3.01. The Morgan fingerprint density at radius 3 is 2.71 bits per heavy atom. The number of anilines is 1. The molecule has 2 heterocycles. The average Bonchev–Trinajstić information content (AvgIpc) is 2.53. The van der Waals surface area contributed by atoms with E-state index in [9.17, 15) is 18.0 Å². The van der Waals surface area contributed by atoms with Crippen LogP contribution in [0.1, 0.15) is 10.4 Å². The molecule has 0 fully saturated rings. The van der Waals surface area contributed by atoms with Crippen molar-refractivity contribution in [2.24, 2.45) is 0 Å². The fourth-order valence-electron chi connectivity index (χ4n) is 2.25. The number of fused-ring (bicyclic) bond motifs is 3. The van der Waals surface area contributed by atoms with Gasteiger partial charge in [0.15, 0.2) is 0 Å². The van der Waals surface area contributed by atoms with Crippen molar-refractivity contribution in [3.63, 3.8) is 0 Å². The van der Waals surface area contributed by atoms with Crippen LogP contribution in [-0.2, 0) is 14.8 Å². The highest BCUT2D eigenvalue weighted by atomic mass is 32.2. The van der Waals surface area contributed by atoms with Crippen LogP contribution in [0, 0.1) is 0 Å². The van der Waals surface area contributed by atoms with Crippen molar-refractivity contribution in [2.75, 3.05) is 18.1 Å². The number of carbonyl (C=O) groups excluding carboxylic acids is 1. The largest absolute Gasteiger partial charge is 0.465 e. The Kier molecular flexibility index (Phi) is 3.68. The van der Waals surface area contributed by atoms with E-state index in [4.69, 9.17) is 0 Å². The topological polar surface area (TPSA) is 120 Å². The van der Waals surface area contributed by atoms with Gasteiger partial charge in [-0.3, -0.25) is 9.52 Å². The number of nitrogens with one attached hydrogen (secondary N) is 1. The number of benzene rings is 1. The maximum atomic E-state index is 12.4. The molecule has 0 atom stereocenters. The van der Waals surface area contributed by atoms with E-state index in [1.54, 1.807) is 12.1 Å². The summed E-state index contributed by atoms with van der Waals surface area (Å²) in [7, 11) is -2.28. The van der Waals surface area contributed by atoms with E-state index in [1.807, 2.05) is 0 Å². The molecule has 0 bridgehead atoms. The SMILES string of the molecule is COC(=O)c1cnc2c3cc(NS(C)(=O)=O)ccc3ncn2c1=O. The van der Waals surface area contributed by atoms with Crippen molar-refractivity contribution < 1.29 is 17.9 Å². The molecule has 0 radical (unpaired) electrons. The van der Waals surface area contributed by atoms with Crippen LogP contribution in [0.25, 0.3) is 16.6 Å². The Balaban J connectivity index is 2.29. The van der Waals surface area contributed by atoms with Crippen LogP contribution >= 0.6 is 0 Å². The number of methoxy groups -OCH3 is 1. The second-order valence-electron chi connectivity index (χ2n) is 5.01. The first-order chi connectivity index (χ1) is 11.3. The smallest absolute Gasteiger partial charge is 0.345 e. The summed E-state index contributed by atoms with van der Waals surface area (Å²) in [5.41, 5.74) is 0.233. The maximum Gasteiger partial charge on any atom is 0.345 e. The van der Waals surface area contributed by atoms with E-state index >= 15 is 0 Å². The summed E-state index contributed by atoms with van der Waals surface area (Å²) >= 11 is 0. The van der Waals surface area contributed by atoms with Crippen LogP contribution in [0.15, 0.2) is 35.5 Å². The number of rotatable bonds is 3. The van der Waals surface area contributed by atoms with Gasteiger partial charge in [0, 0.05) is 17.3 Å². The van der Waals surface area contributed by atoms with Crippen LogP contribution < -0.4 is 10.3 Å². The van der Waals surface area contributed by atoms with E-state index in [1.165, 1.54) is 19.5 Å². The van der Waals surface area contributed by atoms with E-state index in [-0.39, 0.29) is 11.2 Å². The molecule has 124 valence electrons. The molecular formula is C14H12N4O5S. The highest BCUT2D eigenvalue weighted by Crippen LogP contribution is 2.21. The molecule has 0 unspecified atom stereocenters. The van der Waals surface area contributed by atoms with Crippen molar-refractivity contribution in [3.8, 4) is 0 Å². The summed E-state index contributed by atoms with van der Waals surface area (Å²) in [6.07, 6.45) is 3.41. The molecule has 10 heteroatoms. The van der Waals surface area contributed by atoms with Crippen molar-refractivity contribution in [1.82, 2.24) is 14.4 Å². The molecule has 0 saturated heterocycles. The summed E-state index contributed by atoms with van der Waals surface area (Å²) in [6, 6.07) is 4.67. The summed E-state index contributed by atoms with van der Waals surface area (Å²) in [4.78, 5) is 32.2. The third-order valence-corrected chi connectivity index (χ3v) is 3.86. The lowest BCUT2D eigenvalue weighted by Crippen LogP contribution is -2.24. The molecule has 0 spiro atoms. The van der Waals surface area contributed by atoms with Gasteiger partial charge >= 0.3 is 5.97 Å². The van der Waals surface area contributed by atoms with Crippen LogP contribution in [0.5, 0.6) is 0 Å². The summed E-state index contributed by atoms with van der Waals surface area (Å²) in [5.74, 6) is -0.797. The minimum absolute atomic E-state index is 0.221. The quantitative estimate of drug-likeness (QED) is 0.537. The van der Waals surface area contributed by atoms with Crippen LogP contribution in [0.2, 0.25) is 0 Å². The van der Waals surface area contributed by atoms with Gasteiger partial charge in [-0.1, -0.05) is 0 Å². The van der Waals surface area contributed by atoms with Gasteiger partial charge in [0.25, 0.3) is 5.56 Å². The zero-order valence-electron chi connectivity index (χ0n) is 12.7. The summed E-state index contributed by atoms with van der Waals surface area (Å²) in [6.45, 7) is 0. The number of sulfonamides is 1. The van der Waals surface area contributed by atoms with Crippen molar-refractivity contribution in [1.29, 1.82) is 0 Å². The zero-order valence-corrected chi connectivity index (χ0v) is 13.5. The van der Waals surface area contributed by atoms with Gasteiger partial charge in [0.1, 0.15) is 17.5 Å². The maximum absolute atomic E-state index is 12.4. The average molecular weight is 348 g/mol. The van der Waals surface area contributed by atoms with Gasteiger partial charge in [-0.2, -0.15) is 0 Å². The minimum atomic E-state index is -3.45. The molecule has 0 aliphatic heterocycles. The van der Waals surface area contributed by atoms with E-state index in [0.717, 1.165) is 16.9 Å². The molecule has 0 saturated carbocycles. The lowest BCUT2D eigenvalue weighted by molar-refractivity contribution is 0.0598.